The van der Waals surface area contributed by atoms with Gasteiger partial charge in [0.1, 0.15) is 5.82 Å². The average Bonchev–Trinajstić information content (AvgIpc) is 2.89. The Morgan fingerprint density at radius 3 is 3.17 bits per heavy atom. The molecule has 5 nitrogen and oxygen atoms in total. The van der Waals surface area contributed by atoms with Crippen LogP contribution < -0.4 is 10.6 Å². The van der Waals surface area contributed by atoms with Crippen LogP contribution >= 0.6 is 15.9 Å². The maximum Gasteiger partial charge on any atom is 0.255 e. The van der Waals surface area contributed by atoms with Gasteiger partial charge in [0.15, 0.2) is 0 Å². The number of rotatable bonds is 4. The van der Waals surface area contributed by atoms with Crippen LogP contribution in [-0.2, 0) is 4.74 Å². The Hall–Kier alpha value is -1.14. The molecule has 0 radical (unpaired) electrons. The van der Waals surface area contributed by atoms with E-state index in [2.05, 4.69) is 31.5 Å². The van der Waals surface area contributed by atoms with Crippen molar-refractivity contribution >= 4 is 27.7 Å². The van der Waals surface area contributed by atoms with Crippen LogP contribution in [0.15, 0.2) is 16.7 Å². The van der Waals surface area contributed by atoms with Crippen LogP contribution in [0.1, 0.15) is 16.8 Å². The van der Waals surface area contributed by atoms with E-state index in [1.54, 1.807) is 19.3 Å². The van der Waals surface area contributed by atoms with E-state index in [4.69, 9.17) is 4.74 Å². The molecule has 2 N–H and O–H groups in total. The van der Waals surface area contributed by atoms with Gasteiger partial charge in [-0.05, 0) is 28.4 Å². The van der Waals surface area contributed by atoms with E-state index < -0.39 is 0 Å². The minimum absolute atomic E-state index is 0.111. The topological polar surface area (TPSA) is 63.2 Å². The number of aromatic nitrogens is 1. The molecule has 1 unspecified atom stereocenters. The molecule has 2 heterocycles. The van der Waals surface area contributed by atoms with Crippen LogP contribution in [0.2, 0.25) is 0 Å². The largest absolute Gasteiger partial charge is 0.381 e. The number of nitrogens with zero attached hydrogens (tertiary/aromatic N) is 1. The zero-order valence-electron chi connectivity index (χ0n) is 10.2. The highest BCUT2D eigenvalue weighted by molar-refractivity contribution is 9.10. The van der Waals surface area contributed by atoms with Gasteiger partial charge in [0.25, 0.3) is 5.91 Å². The molecule has 0 saturated carbocycles. The predicted octanol–water partition coefficient (Wildman–Crippen LogP) is 1.65. The molecule has 18 heavy (non-hydrogen) atoms. The summed E-state index contributed by atoms with van der Waals surface area (Å²) in [5, 5.41) is 5.84. The monoisotopic (exact) mass is 313 g/mol. The summed E-state index contributed by atoms with van der Waals surface area (Å²) in [5.74, 6) is 0.894. The Morgan fingerprint density at radius 1 is 1.67 bits per heavy atom. The zero-order valence-corrected chi connectivity index (χ0v) is 11.8. The fraction of sp³-hybridized carbons (Fsp3) is 0.500. The Balaban J connectivity index is 2.00. The van der Waals surface area contributed by atoms with Gasteiger partial charge in [0.05, 0.1) is 12.2 Å². The van der Waals surface area contributed by atoms with Gasteiger partial charge >= 0.3 is 0 Å². The molecule has 6 heteroatoms. The van der Waals surface area contributed by atoms with Gasteiger partial charge in [-0.3, -0.25) is 4.79 Å². The molecule has 0 aliphatic carbocycles. The third kappa shape index (κ3) is 3.20. The molecule has 1 atom stereocenters. The van der Waals surface area contributed by atoms with Crippen LogP contribution in [0, 0.1) is 5.92 Å². The lowest BCUT2D eigenvalue weighted by Gasteiger charge is -2.11. The first kappa shape index (κ1) is 13.3. The maximum absolute atomic E-state index is 12.1. The molecule has 0 spiro atoms. The van der Waals surface area contributed by atoms with E-state index in [-0.39, 0.29) is 5.91 Å². The first-order valence-electron chi connectivity index (χ1n) is 5.90. The molecule has 1 aromatic heterocycles. The highest BCUT2D eigenvalue weighted by atomic mass is 79.9. The van der Waals surface area contributed by atoms with E-state index in [0.29, 0.717) is 23.8 Å². The summed E-state index contributed by atoms with van der Waals surface area (Å²) in [7, 11) is 1.75. The fourth-order valence-corrected chi connectivity index (χ4v) is 2.22. The van der Waals surface area contributed by atoms with E-state index in [1.807, 2.05) is 0 Å². The van der Waals surface area contributed by atoms with Gasteiger partial charge in [0.2, 0.25) is 0 Å². The van der Waals surface area contributed by atoms with Crippen LogP contribution in [0.4, 0.5) is 5.82 Å². The Bertz CT molecular complexity index is 433. The maximum atomic E-state index is 12.1. The van der Waals surface area contributed by atoms with E-state index in [0.717, 1.165) is 24.1 Å². The van der Waals surface area contributed by atoms with Gasteiger partial charge < -0.3 is 15.4 Å². The lowest BCUT2D eigenvalue weighted by Crippen LogP contribution is -2.30. The molecular formula is C12H16BrN3O2. The number of pyridine rings is 1. The summed E-state index contributed by atoms with van der Waals surface area (Å²) < 4.78 is 6.06. The lowest BCUT2D eigenvalue weighted by molar-refractivity contribution is 0.0945. The number of halogens is 1. The van der Waals surface area contributed by atoms with Crippen molar-refractivity contribution in [3.63, 3.8) is 0 Å². The van der Waals surface area contributed by atoms with Crippen molar-refractivity contribution in [2.24, 2.45) is 5.92 Å². The van der Waals surface area contributed by atoms with Crippen molar-refractivity contribution in [1.29, 1.82) is 0 Å². The van der Waals surface area contributed by atoms with Crippen molar-refractivity contribution < 1.29 is 9.53 Å². The summed E-state index contributed by atoms with van der Waals surface area (Å²) in [4.78, 5) is 16.2. The number of nitrogens with one attached hydrogen (secondary N) is 2. The summed E-state index contributed by atoms with van der Waals surface area (Å²) >= 11 is 3.32. The van der Waals surface area contributed by atoms with E-state index in [9.17, 15) is 4.79 Å². The van der Waals surface area contributed by atoms with Crippen molar-refractivity contribution in [1.82, 2.24) is 10.3 Å². The highest BCUT2D eigenvalue weighted by Gasteiger charge is 2.18. The predicted molar refractivity (Wildman–Crippen MR) is 72.7 cm³/mol. The van der Waals surface area contributed by atoms with E-state index in [1.165, 1.54) is 0 Å². The number of hydrogen-bond acceptors (Lipinski definition) is 4. The normalized spacial score (nSPS) is 18.7. The van der Waals surface area contributed by atoms with Crippen molar-refractivity contribution in [2.45, 2.75) is 6.42 Å². The standard InChI is InChI=1S/C12H16BrN3O2/c1-14-11-10(4-9(13)6-15-11)12(17)16-5-8-2-3-18-7-8/h4,6,8H,2-3,5,7H2,1H3,(H,14,15)(H,16,17). The summed E-state index contributed by atoms with van der Waals surface area (Å²) in [5.41, 5.74) is 0.547. The number of amides is 1. The second-order valence-electron chi connectivity index (χ2n) is 4.24. The first-order valence-corrected chi connectivity index (χ1v) is 6.69. The molecule has 1 aliphatic rings. The molecular weight excluding hydrogens is 298 g/mol. The first-order chi connectivity index (χ1) is 8.70. The van der Waals surface area contributed by atoms with Crippen LogP contribution in [0.5, 0.6) is 0 Å². The summed E-state index contributed by atoms with van der Waals surface area (Å²) in [6.45, 7) is 2.17. The molecule has 98 valence electrons. The smallest absolute Gasteiger partial charge is 0.255 e. The SMILES string of the molecule is CNc1ncc(Br)cc1C(=O)NCC1CCOC1. The summed E-state index contributed by atoms with van der Waals surface area (Å²) in [6.07, 6.45) is 2.67. The van der Waals surface area contributed by atoms with Gasteiger partial charge in [0, 0.05) is 36.8 Å². The minimum Gasteiger partial charge on any atom is -0.381 e. The Morgan fingerprint density at radius 2 is 2.50 bits per heavy atom. The highest BCUT2D eigenvalue weighted by Crippen LogP contribution is 2.18. The Labute approximate surface area is 114 Å². The zero-order chi connectivity index (χ0) is 13.0. The fourth-order valence-electron chi connectivity index (χ4n) is 1.89. The minimum atomic E-state index is -0.111. The second kappa shape index (κ2) is 6.15. The molecule has 1 aliphatic heterocycles. The second-order valence-corrected chi connectivity index (χ2v) is 5.16. The van der Waals surface area contributed by atoms with Crippen molar-refractivity contribution in [2.75, 3.05) is 32.1 Å². The summed E-state index contributed by atoms with van der Waals surface area (Å²) in [6, 6.07) is 1.76. The Kier molecular flexibility index (Phi) is 4.54. The molecule has 1 fully saturated rings. The number of ether oxygens (including phenoxy) is 1. The molecule has 1 aromatic rings. The molecule has 0 aromatic carbocycles. The number of carbonyl (C=O) groups is 1. The lowest BCUT2D eigenvalue weighted by atomic mass is 10.1. The molecule has 1 saturated heterocycles. The van der Waals surface area contributed by atoms with Gasteiger partial charge in [-0.1, -0.05) is 0 Å². The van der Waals surface area contributed by atoms with Crippen LogP contribution in [0.25, 0.3) is 0 Å². The van der Waals surface area contributed by atoms with E-state index >= 15 is 0 Å². The van der Waals surface area contributed by atoms with Crippen LogP contribution in [0.3, 0.4) is 0 Å². The van der Waals surface area contributed by atoms with Crippen LogP contribution in [-0.4, -0.2) is 37.7 Å². The van der Waals surface area contributed by atoms with Gasteiger partial charge in [-0.2, -0.15) is 0 Å². The molecule has 0 bridgehead atoms. The van der Waals surface area contributed by atoms with Gasteiger partial charge in [-0.25, -0.2) is 4.98 Å². The van der Waals surface area contributed by atoms with Gasteiger partial charge in [-0.15, -0.1) is 0 Å². The molecule has 1 amide bonds. The number of hydrogen-bond donors (Lipinski definition) is 2. The third-order valence-electron chi connectivity index (χ3n) is 2.91. The van der Waals surface area contributed by atoms with Crippen molar-refractivity contribution in [3.05, 3.63) is 22.3 Å². The molecule has 2 rings (SSSR count). The third-order valence-corrected chi connectivity index (χ3v) is 3.34. The average molecular weight is 314 g/mol. The van der Waals surface area contributed by atoms with Crippen molar-refractivity contribution in [3.8, 4) is 0 Å². The number of carbonyl (C=O) groups excluding carboxylic acids is 1. The quantitative estimate of drug-likeness (QED) is 0.887. The number of anilines is 1.